The van der Waals surface area contributed by atoms with Gasteiger partial charge < -0.3 is 0 Å². The van der Waals surface area contributed by atoms with Crippen molar-refractivity contribution < 1.29 is 0 Å². The van der Waals surface area contributed by atoms with Gasteiger partial charge in [0.2, 0.25) is 0 Å². The third-order valence-corrected chi connectivity index (χ3v) is 5.88. The summed E-state index contributed by atoms with van der Waals surface area (Å²) in [7, 11) is 0. The third kappa shape index (κ3) is 3.07. The average Bonchev–Trinajstić information content (AvgIpc) is 2.80. The molecule has 6 heteroatoms. The van der Waals surface area contributed by atoms with E-state index in [1.54, 1.807) is 23.1 Å². The Hall–Kier alpha value is -0.450. The van der Waals surface area contributed by atoms with E-state index in [0.29, 0.717) is 20.8 Å². The molecule has 0 saturated heterocycles. The van der Waals surface area contributed by atoms with Crippen LogP contribution in [0.2, 0.25) is 15.1 Å². The van der Waals surface area contributed by atoms with Crippen LogP contribution in [0.15, 0.2) is 40.7 Å². The van der Waals surface area contributed by atoms with E-state index < -0.39 is 0 Å². The van der Waals surface area contributed by atoms with Gasteiger partial charge in [0.1, 0.15) is 0 Å². The zero-order chi connectivity index (χ0) is 14.1. The highest BCUT2D eigenvalue weighted by atomic mass is 35.5. The van der Waals surface area contributed by atoms with Crippen LogP contribution in [0.3, 0.4) is 0 Å². The van der Waals surface area contributed by atoms with Crippen molar-refractivity contribution in [2.45, 2.75) is 10.1 Å². The molecule has 0 aliphatic rings. The summed E-state index contributed by atoms with van der Waals surface area (Å²) in [5.41, 5.74) is 1.87. The van der Waals surface area contributed by atoms with Crippen molar-refractivity contribution in [3.8, 4) is 0 Å². The molecule has 0 amide bonds. The van der Waals surface area contributed by atoms with Gasteiger partial charge in [-0.2, -0.15) is 0 Å². The minimum Gasteiger partial charge on any atom is -0.230 e. The number of benzene rings is 2. The fourth-order valence-corrected chi connectivity index (χ4v) is 4.70. The summed E-state index contributed by atoms with van der Waals surface area (Å²) >= 11 is 21.6. The molecule has 3 rings (SSSR count). The molecule has 102 valence electrons. The predicted molar refractivity (Wildman–Crippen MR) is 90.7 cm³/mol. The number of rotatable bonds is 3. The highest BCUT2D eigenvalue weighted by Crippen LogP contribution is 2.35. The van der Waals surface area contributed by atoms with Crippen molar-refractivity contribution in [1.82, 2.24) is 4.98 Å². The van der Waals surface area contributed by atoms with Crippen molar-refractivity contribution in [3.63, 3.8) is 0 Å². The monoisotopic (exact) mass is 359 g/mol. The molecule has 0 unspecified atom stereocenters. The fraction of sp³-hybridized carbons (Fsp3) is 0.0714. The molecule has 3 aromatic rings. The van der Waals surface area contributed by atoms with Crippen molar-refractivity contribution in [2.75, 3.05) is 0 Å². The predicted octanol–water partition coefficient (Wildman–Crippen LogP) is 6.55. The van der Waals surface area contributed by atoms with Gasteiger partial charge in [0.05, 0.1) is 10.2 Å². The molecule has 1 aromatic heterocycles. The number of hydrogen-bond acceptors (Lipinski definition) is 3. The average molecular weight is 361 g/mol. The topological polar surface area (TPSA) is 12.9 Å². The van der Waals surface area contributed by atoms with Gasteiger partial charge in [-0.1, -0.05) is 52.6 Å². The zero-order valence-corrected chi connectivity index (χ0v) is 14.0. The molecule has 0 bridgehead atoms. The fourth-order valence-electron chi connectivity index (χ4n) is 1.75. The first-order valence-corrected chi connectivity index (χ1v) is 8.69. The third-order valence-electron chi connectivity index (χ3n) is 2.73. The first-order valence-electron chi connectivity index (χ1n) is 5.75. The lowest BCUT2D eigenvalue weighted by Gasteiger charge is -2.04. The first-order chi connectivity index (χ1) is 9.63. The largest absolute Gasteiger partial charge is 0.230 e. The number of halogens is 3. The van der Waals surface area contributed by atoms with Gasteiger partial charge in [-0.3, -0.25) is 0 Å². The molecule has 0 N–H and O–H groups in total. The molecule has 0 spiro atoms. The second kappa shape index (κ2) is 6.12. The number of thiazole rings is 1. The lowest BCUT2D eigenvalue weighted by molar-refractivity contribution is 1.29. The number of nitrogens with zero attached hydrogens (tertiary/aromatic N) is 1. The molecular formula is C14H8Cl3NS2. The van der Waals surface area contributed by atoms with E-state index in [2.05, 4.69) is 4.98 Å². The highest BCUT2D eigenvalue weighted by molar-refractivity contribution is 8.00. The molecule has 0 fully saturated rings. The molecule has 0 aliphatic carbocycles. The Kier molecular flexibility index (Phi) is 4.43. The van der Waals surface area contributed by atoms with Crippen LogP contribution in [0, 0.1) is 0 Å². The maximum atomic E-state index is 6.16. The molecule has 2 aromatic carbocycles. The molecule has 20 heavy (non-hydrogen) atoms. The van der Waals surface area contributed by atoms with Gasteiger partial charge in [-0.25, -0.2) is 4.98 Å². The molecule has 0 atom stereocenters. The normalized spacial score (nSPS) is 11.2. The number of aromatic nitrogens is 1. The van der Waals surface area contributed by atoms with E-state index in [9.17, 15) is 0 Å². The van der Waals surface area contributed by atoms with Crippen molar-refractivity contribution in [3.05, 3.63) is 57.0 Å². The Morgan fingerprint density at radius 2 is 1.80 bits per heavy atom. The lowest BCUT2D eigenvalue weighted by atomic mass is 10.2. The van der Waals surface area contributed by atoms with Gasteiger partial charge in [0.15, 0.2) is 4.34 Å². The number of hydrogen-bond donors (Lipinski definition) is 0. The van der Waals surface area contributed by atoms with Gasteiger partial charge in [-0.15, -0.1) is 11.3 Å². The molecule has 1 heterocycles. The second-order valence-corrected chi connectivity index (χ2v) is 7.58. The van der Waals surface area contributed by atoms with Gasteiger partial charge >= 0.3 is 0 Å². The van der Waals surface area contributed by atoms with E-state index in [1.807, 2.05) is 36.4 Å². The second-order valence-electron chi connectivity index (χ2n) is 4.08. The summed E-state index contributed by atoms with van der Waals surface area (Å²) in [5, 5.41) is 2.08. The first kappa shape index (κ1) is 14.5. The summed E-state index contributed by atoms with van der Waals surface area (Å²) in [5.74, 6) is 0.700. The van der Waals surface area contributed by atoms with Crippen LogP contribution in [-0.2, 0) is 5.75 Å². The Balaban J connectivity index is 1.83. The van der Waals surface area contributed by atoms with Crippen LogP contribution in [0.25, 0.3) is 10.2 Å². The summed E-state index contributed by atoms with van der Waals surface area (Å²) < 4.78 is 2.11. The van der Waals surface area contributed by atoms with Gasteiger partial charge in [0.25, 0.3) is 0 Å². The Labute approximate surface area is 139 Å². The smallest absolute Gasteiger partial charge is 0.151 e. The quantitative estimate of drug-likeness (QED) is 0.491. The van der Waals surface area contributed by atoms with Crippen molar-refractivity contribution in [2.24, 2.45) is 0 Å². The molecular weight excluding hydrogens is 353 g/mol. The SMILES string of the molecule is Clc1ccc2sc(SCc3c(Cl)cccc3Cl)nc2c1. The van der Waals surface area contributed by atoms with Crippen LogP contribution >= 0.6 is 57.9 Å². The Morgan fingerprint density at radius 3 is 2.55 bits per heavy atom. The standard InChI is InChI=1S/C14H8Cl3NS2/c15-8-4-5-13-12(6-8)18-14(20-13)19-7-9-10(16)2-1-3-11(9)17/h1-6H,7H2. The maximum Gasteiger partial charge on any atom is 0.151 e. The van der Waals surface area contributed by atoms with E-state index >= 15 is 0 Å². The van der Waals surface area contributed by atoms with Crippen LogP contribution in [0.1, 0.15) is 5.56 Å². The minimum atomic E-state index is 0.689. The van der Waals surface area contributed by atoms with Crippen LogP contribution in [0.4, 0.5) is 0 Å². The number of thioether (sulfide) groups is 1. The molecule has 0 aliphatic heterocycles. The van der Waals surface area contributed by atoms with E-state index in [-0.39, 0.29) is 0 Å². The summed E-state index contributed by atoms with van der Waals surface area (Å²) in [6.07, 6.45) is 0. The van der Waals surface area contributed by atoms with Crippen LogP contribution in [0.5, 0.6) is 0 Å². The Bertz CT molecular complexity index is 750. The van der Waals surface area contributed by atoms with Gasteiger partial charge in [0, 0.05) is 20.8 Å². The lowest BCUT2D eigenvalue weighted by Crippen LogP contribution is -1.84. The van der Waals surface area contributed by atoms with Crippen molar-refractivity contribution in [1.29, 1.82) is 0 Å². The summed E-state index contributed by atoms with van der Waals surface area (Å²) in [4.78, 5) is 4.56. The van der Waals surface area contributed by atoms with Crippen molar-refractivity contribution >= 4 is 68.1 Å². The highest BCUT2D eigenvalue weighted by Gasteiger charge is 2.09. The van der Waals surface area contributed by atoms with E-state index in [0.717, 1.165) is 20.1 Å². The molecule has 0 saturated carbocycles. The summed E-state index contributed by atoms with van der Waals surface area (Å²) in [6.45, 7) is 0. The van der Waals surface area contributed by atoms with Gasteiger partial charge in [-0.05, 0) is 35.9 Å². The van der Waals surface area contributed by atoms with E-state index in [4.69, 9.17) is 34.8 Å². The minimum absolute atomic E-state index is 0.689. The van der Waals surface area contributed by atoms with E-state index in [1.165, 1.54) is 0 Å². The molecule has 0 radical (unpaired) electrons. The summed E-state index contributed by atoms with van der Waals surface area (Å²) in [6, 6.07) is 11.3. The maximum absolute atomic E-state index is 6.16. The Morgan fingerprint density at radius 1 is 1.05 bits per heavy atom. The molecule has 1 nitrogen and oxygen atoms in total. The van der Waals surface area contributed by atoms with Crippen LogP contribution in [-0.4, -0.2) is 4.98 Å². The number of fused-ring (bicyclic) bond motifs is 1. The van der Waals surface area contributed by atoms with Crippen LogP contribution < -0.4 is 0 Å². The zero-order valence-electron chi connectivity index (χ0n) is 10.1.